The second-order valence-corrected chi connectivity index (χ2v) is 11.4. The van der Waals surface area contributed by atoms with E-state index < -0.39 is 23.3 Å². The highest BCUT2D eigenvalue weighted by atomic mass is 79.9. The molecule has 0 spiro atoms. The molecule has 9 nitrogen and oxygen atoms in total. The summed E-state index contributed by atoms with van der Waals surface area (Å²) in [6.07, 6.45) is 3.20. The normalized spacial score (nSPS) is 16.1. The third kappa shape index (κ3) is 8.89. The lowest BCUT2D eigenvalue weighted by molar-refractivity contribution is -0.142. The summed E-state index contributed by atoms with van der Waals surface area (Å²) in [6.45, 7) is 8.61. The number of nitrogens with zero attached hydrogens (tertiary/aromatic N) is 1. The number of likely N-dealkylation sites (tertiary alicyclic amines) is 1. The van der Waals surface area contributed by atoms with Gasteiger partial charge < -0.3 is 15.5 Å². The first-order valence-corrected chi connectivity index (χ1v) is 13.3. The molecule has 1 aliphatic heterocycles. The number of hydrogen-bond acceptors (Lipinski definition) is 5. The smallest absolute Gasteiger partial charge is 0.251 e. The van der Waals surface area contributed by atoms with Crippen LogP contribution in [0.4, 0.5) is 0 Å². The zero-order valence-corrected chi connectivity index (χ0v) is 23.2. The van der Waals surface area contributed by atoms with Crippen LogP contribution in [0.1, 0.15) is 76.6 Å². The molecule has 1 aliphatic rings. The van der Waals surface area contributed by atoms with Crippen LogP contribution >= 0.6 is 15.9 Å². The zero-order valence-electron chi connectivity index (χ0n) is 21.6. The van der Waals surface area contributed by atoms with E-state index in [1.807, 2.05) is 39.8 Å². The number of carbonyl (C=O) groups is 4. The van der Waals surface area contributed by atoms with Crippen LogP contribution in [0.15, 0.2) is 28.7 Å². The van der Waals surface area contributed by atoms with Gasteiger partial charge in [0.05, 0.1) is 0 Å². The Kier molecular flexibility index (Phi) is 11.4. The van der Waals surface area contributed by atoms with Crippen molar-refractivity contribution in [1.29, 1.82) is 0 Å². The van der Waals surface area contributed by atoms with Gasteiger partial charge in [-0.15, -0.1) is 0 Å². The lowest BCUT2D eigenvalue weighted by atomic mass is 9.84. The molecule has 1 aromatic carbocycles. The average molecular weight is 568 g/mol. The Morgan fingerprint density at radius 1 is 1.11 bits per heavy atom. The van der Waals surface area contributed by atoms with E-state index in [-0.39, 0.29) is 30.2 Å². The van der Waals surface area contributed by atoms with E-state index in [4.69, 9.17) is 5.21 Å². The monoisotopic (exact) mass is 566 g/mol. The molecule has 0 aliphatic carbocycles. The molecular weight excluding hydrogens is 528 g/mol. The lowest BCUT2D eigenvalue weighted by Gasteiger charge is -2.39. The summed E-state index contributed by atoms with van der Waals surface area (Å²) >= 11 is 3.36. The minimum absolute atomic E-state index is 0.0386. The molecule has 0 radical (unpaired) electrons. The first-order chi connectivity index (χ1) is 17.0. The number of unbranched alkanes of at least 4 members (excludes halogenated alkanes) is 1. The Morgan fingerprint density at radius 3 is 2.25 bits per heavy atom. The summed E-state index contributed by atoms with van der Waals surface area (Å²) < 4.78 is 0.903. The standard InChI is InChI=1S/C26H39BrN4O5/c1-5-6-7-18(16-21(32)30-36)24(34)29-22(26(2,3)4)25(35)31-14-12-20(13-15-31)28-23(33)17-8-10-19(27)11-9-17/h8-11,18,20,22,36H,5-7,12-16H2,1-4H3,(H,28,33)(H,29,34)(H,30,32)/t18-,22-/m1/s1. The minimum Gasteiger partial charge on any atom is -0.349 e. The first-order valence-electron chi connectivity index (χ1n) is 12.5. The molecule has 0 saturated carbocycles. The van der Waals surface area contributed by atoms with Crippen molar-refractivity contribution in [2.24, 2.45) is 11.3 Å². The fourth-order valence-corrected chi connectivity index (χ4v) is 4.52. The number of halogens is 1. The van der Waals surface area contributed by atoms with Gasteiger partial charge in [-0.05, 0) is 48.9 Å². The molecule has 36 heavy (non-hydrogen) atoms. The molecule has 2 rings (SSSR count). The summed E-state index contributed by atoms with van der Waals surface area (Å²) in [5.74, 6) is -1.94. The van der Waals surface area contributed by atoms with E-state index in [2.05, 4.69) is 26.6 Å². The van der Waals surface area contributed by atoms with Crippen LogP contribution in [0.3, 0.4) is 0 Å². The maximum atomic E-state index is 13.5. The molecule has 1 aromatic rings. The van der Waals surface area contributed by atoms with Crippen molar-refractivity contribution < 1.29 is 24.4 Å². The highest BCUT2D eigenvalue weighted by Gasteiger charge is 2.38. The van der Waals surface area contributed by atoms with Gasteiger partial charge in [-0.2, -0.15) is 0 Å². The molecule has 1 fully saturated rings. The Bertz CT molecular complexity index is 908. The number of nitrogens with one attached hydrogen (secondary N) is 3. The average Bonchev–Trinajstić information content (AvgIpc) is 2.84. The predicted octanol–water partition coefficient (Wildman–Crippen LogP) is 3.40. The Balaban J connectivity index is 2.00. The van der Waals surface area contributed by atoms with Gasteiger partial charge in [0.15, 0.2) is 0 Å². The Hall–Kier alpha value is -2.46. The van der Waals surface area contributed by atoms with Crippen LogP contribution in [-0.4, -0.2) is 58.9 Å². The van der Waals surface area contributed by atoms with Gasteiger partial charge in [0.2, 0.25) is 17.7 Å². The van der Waals surface area contributed by atoms with E-state index in [9.17, 15) is 19.2 Å². The molecular formula is C26H39BrN4O5. The highest BCUT2D eigenvalue weighted by Crippen LogP contribution is 2.25. The summed E-state index contributed by atoms with van der Waals surface area (Å²) in [6, 6.07) is 6.35. The second-order valence-electron chi connectivity index (χ2n) is 10.5. The lowest BCUT2D eigenvalue weighted by Crippen LogP contribution is -2.58. The van der Waals surface area contributed by atoms with Crippen LogP contribution < -0.4 is 16.1 Å². The number of benzene rings is 1. The fraction of sp³-hybridized carbons (Fsp3) is 0.615. The zero-order chi connectivity index (χ0) is 26.9. The Morgan fingerprint density at radius 2 is 1.72 bits per heavy atom. The topological polar surface area (TPSA) is 128 Å². The highest BCUT2D eigenvalue weighted by molar-refractivity contribution is 9.10. The van der Waals surface area contributed by atoms with Crippen LogP contribution in [-0.2, 0) is 14.4 Å². The van der Waals surface area contributed by atoms with Gasteiger partial charge in [0.25, 0.3) is 5.91 Å². The van der Waals surface area contributed by atoms with E-state index in [1.54, 1.807) is 22.5 Å². The van der Waals surface area contributed by atoms with Gasteiger partial charge in [0, 0.05) is 41.5 Å². The maximum Gasteiger partial charge on any atom is 0.251 e. The number of piperidine rings is 1. The molecule has 10 heteroatoms. The van der Waals surface area contributed by atoms with Crippen molar-refractivity contribution in [3.8, 4) is 0 Å². The van der Waals surface area contributed by atoms with Crippen LogP contribution in [0.2, 0.25) is 0 Å². The number of rotatable bonds is 10. The van der Waals surface area contributed by atoms with Crippen molar-refractivity contribution in [2.75, 3.05) is 13.1 Å². The molecule has 1 heterocycles. The van der Waals surface area contributed by atoms with Gasteiger partial charge in [-0.25, -0.2) is 5.48 Å². The van der Waals surface area contributed by atoms with Crippen LogP contribution in [0, 0.1) is 11.3 Å². The van der Waals surface area contributed by atoms with Crippen molar-refractivity contribution in [2.45, 2.75) is 78.3 Å². The van der Waals surface area contributed by atoms with Crippen LogP contribution in [0.25, 0.3) is 0 Å². The molecule has 200 valence electrons. The number of hydroxylamine groups is 1. The quantitative estimate of drug-likeness (QED) is 0.255. The maximum absolute atomic E-state index is 13.5. The SMILES string of the molecule is CCCC[C@H](CC(=O)NO)C(=O)N[C@H](C(=O)N1CCC(NC(=O)c2ccc(Br)cc2)CC1)C(C)(C)C. The van der Waals surface area contributed by atoms with E-state index >= 15 is 0 Å². The minimum atomic E-state index is -0.764. The van der Waals surface area contributed by atoms with Crippen LogP contribution in [0.5, 0.6) is 0 Å². The second kappa shape index (κ2) is 13.7. The molecule has 4 N–H and O–H groups in total. The largest absolute Gasteiger partial charge is 0.349 e. The number of carbonyl (C=O) groups excluding carboxylic acids is 4. The summed E-state index contributed by atoms with van der Waals surface area (Å²) in [5.41, 5.74) is 1.62. The summed E-state index contributed by atoms with van der Waals surface area (Å²) in [4.78, 5) is 52.6. The van der Waals surface area contributed by atoms with Crippen molar-refractivity contribution in [3.05, 3.63) is 34.3 Å². The number of amides is 4. The van der Waals surface area contributed by atoms with E-state index in [1.165, 1.54) is 0 Å². The van der Waals surface area contributed by atoms with Gasteiger partial charge in [-0.1, -0.05) is 56.5 Å². The Labute approximate surface area is 221 Å². The predicted molar refractivity (Wildman–Crippen MR) is 140 cm³/mol. The third-order valence-electron chi connectivity index (χ3n) is 6.48. The molecule has 1 saturated heterocycles. The first kappa shape index (κ1) is 29.8. The third-order valence-corrected chi connectivity index (χ3v) is 7.01. The van der Waals surface area contributed by atoms with Gasteiger partial charge >= 0.3 is 0 Å². The van der Waals surface area contributed by atoms with Crippen molar-refractivity contribution in [3.63, 3.8) is 0 Å². The fourth-order valence-electron chi connectivity index (χ4n) is 4.25. The van der Waals surface area contributed by atoms with E-state index in [0.29, 0.717) is 37.9 Å². The van der Waals surface area contributed by atoms with E-state index in [0.717, 1.165) is 17.3 Å². The summed E-state index contributed by atoms with van der Waals surface area (Å²) in [7, 11) is 0. The molecule has 0 aromatic heterocycles. The summed E-state index contributed by atoms with van der Waals surface area (Å²) in [5, 5.41) is 14.8. The molecule has 0 bridgehead atoms. The van der Waals surface area contributed by atoms with Gasteiger partial charge in [-0.3, -0.25) is 24.4 Å². The number of hydrogen-bond donors (Lipinski definition) is 4. The molecule has 4 amide bonds. The van der Waals surface area contributed by atoms with Crippen molar-refractivity contribution >= 4 is 39.6 Å². The molecule has 2 atom stereocenters. The van der Waals surface area contributed by atoms with Gasteiger partial charge in [0.1, 0.15) is 6.04 Å². The van der Waals surface area contributed by atoms with Crippen molar-refractivity contribution in [1.82, 2.24) is 21.0 Å². The molecule has 0 unspecified atom stereocenters.